The van der Waals surface area contributed by atoms with Crippen molar-refractivity contribution in [1.82, 2.24) is 0 Å². The second-order valence-corrected chi connectivity index (χ2v) is 7.00. The molecule has 0 aromatic rings. The number of unbranched alkanes of at least 4 members (excludes halogenated alkanes) is 6. The van der Waals surface area contributed by atoms with Gasteiger partial charge in [-0.25, -0.2) is 0 Å². The molecular formula is C23H46O3. The zero-order valence-corrected chi connectivity index (χ0v) is 18.0. The van der Waals surface area contributed by atoms with Crippen molar-refractivity contribution >= 4 is 5.97 Å². The standard InChI is InChI=1S/C15H28O.C6H12O2.C2H6/c1-2-3-4-5-6-7-9-14-10-8-11-15(14)12-13-16;1-2-3-4-5-6(7)8;1-2/h7,9,14-16H,2-6,8,10-13H2,1H3;2-5H2,1H3,(H,7,8);1-2H3/b9-7+;;. The van der Waals surface area contributed by atoms with Crippen LogP contribution in [0, 0.1) is 11.8 Å². The van der Waals surface area contributed by atoms with Crippen LogP contribution in [0.4, 0.5) is 0 Å². The van der Waals surface area contributed by atoms with Crippen molar-refractivity contribution in [3.63, 3.8) is 0 Å². The summed E-state index contributed by atoms with van der Waals surface area (Å²) in [5.41, 5.74) is 0. The highest BCUT2D eigenvalue weighted by molar-refractivity contribution is 5.66. The summed E-state index contributed by atoms with van der Waals surface area (Å²) in [4.78, 5) is 9.87. The normalized spacial score (nSPS) is 18.8. The van der Waals surface area contributed by atoms with E-state index in [1.165, 1.54) is 51.4 Å². The van der Waals surface area contributed by atoms with Gasteiger partial charge in [0.05, 0.1) is 0 Å². The van der Waals surface area contributed by atoms with Crippen LogP contribution in [0.15, 0.2) is 12.2 Å². The van der Waals surface area contributed by atoms with E-state index in [1.807, 2.05) is 13.8 Å². The fourth-order valence-electron chi connectivity index (χ4n) is 3.33. The molecule has 26 heavy (non-hydrogen) atoms. The molecule has 0 aliphatic heterocycles. The zero-order chi connectivity index (χ0) is 20.0. The lowest BCUT2D eigenvalue weighted by Gasteiger charge is -2.14. The van der Waals surface area contributed by atoms with Gasteiger partial charge >= 0.3 is 5.97 Å². The Labute approximate surface area is 163 Å². The monoisotopic (exact) mass is 370 g/mol. The molecule has 1 aliphatic rings. The number of carboxylic acids is 1. The lowest BCUT2D eigenvalue weighted by atomic mass is 9.92. The molecule has 0 heterocycles. The highest BCUT2D eigenvalue weighted by Gasteiger charge is 2.23. The predicted octanol–water partition coefficient (Wildman–Crippen LogP) is 6.99. The van der Waals surface area contributed by atoms with Crippen molar-refractivity contribution in [3.8, 4) is 0 Å². The van der Waals surface area contributed by atoms with E-state index in [1.54, 1.807) is 0 Å². The van der Waals surface area contributed by atoms with Crippen LogP contribution >= 0.6 is 0 Å². The summed E-state index contributed by atoms with van der Waals surface area (Å²) >= 11 is 0. The Morgan fingerprint density at radius 3 is 2.23 bits per heavy atom. The molecule has 1 aliphatic carbocycles. The molecule has 0 spiro atoms. The maximum absolute atomic E-state index is 9.87. The predicted molar refractivity (Wildman–Crippen MR) is 114 cm³/mol. The van der Waals surface area contributed by atoms with Gasteiger partial charge in [0, 0.05) is 13.0 Å². The van der Waals surface area contributed by atoms with Crippen molar-refractivity contribution < 1.29 is 15.0 Å². The highest BCUT2D eigenvalue weighted by atomic mass is 16.4. The smallest absolute Gasteiger partial charge is 0.303 e. The van der Waals surface area contributed by atoms with Crippen molar-refractivity contribution in [2.45, 2.75) is 111 Å². The SMILES string of the molecule is CC.CCCCCC(=O)O.CCCCCC/C=C/C1CCCC1CCO. The number of hydrogen-bond acceptors (Lipinski definition) is 2. The van der Waals surface area contributed by atoms with Crippen molar-refractivity contribution in [1.29, 1.82) is 0 Å². The fraction of sp³-hybridized carbons (Fsp3) is 0.870. The molecule has 0 amide bonds. The van der Waals surface area contributed by atoms with Gasteiger partial charge in [-0.15, -0.1) is 0 Å². The molecule has 0 bridgehead atoms. The third kappa shape index (κ3) is 18.0. The van der Waals surface area contributed by atoms with Gasteiger partial charge in [0.2, 0.25) is 0 Å². The Kier molecular flexibility index (Phi) is 23.4. The number of hydrogen-bond donors (Lipinski definition) is 2. The first-order valence-electron chi connectivity index (χ1n) is 11.1. The van der Waals surface area contributed by atoms with Crippen LogP contribution in [0.1, 0.15) is 111 Å². The van der Waals surface area contributed by atoms with Crippen LogP contribution in [-0.2, 0) is 4.79 Å². The molecule has 1 saturated carbocycles. The summed E-state index contributed by atoms with van der Waals surface area (Å²) in [6, 6.07) is 0. The lowest BCUT2D eigenvalue weighted by Crippen LogP contribution is -2.06. The van der Waals surface area contributed by atoms with E-state index in [0.717, 1.165) is 37.5 Å². The van der Waals surface area contributed by atoms with Gasteiger partial charge in [0.15, 0.2) is 0 Å². The average molecular weight is 371 g/mol. The Bertz CT molecular complexity index is 313. The molecule has 2 unspecified atom stereocenters. The van der Waals surface area contributed by atoms with E-state index in [-0.39, 0.29) is 0 Å². The van der Waals surface area contributed by atoms with Gasteiger partial charge in [-0.05, 0) is 50.4 Å². The van der Waals surface area contributed by atoms with Crippen molar-refractivity contribution in [2.75, 3.05) is 6.61 Å². The Morgan fingerprint density at radius 2 is 1.65 bits per heavy atom. The van der Waals surface area contributed by atoms with Gasteiger partial charge < -0.3 is 10.2 Å². The molecule has 0 aromatic heterocycles. The van der Waals surface area contributed by atoms with E-state index in [2.05, 4.69) is 26.0 Å². The van der Waals surface area contributed by atoms with Crippen LogP contribution in [-0.4, -0.2) is 22.8 Å². The van der Waals surface area contributed by atoms with Gasteiger partial charge in [0.1, 0.15) is 0 Å². The molecule has 0 aromatic carbocycles. The number of allylic oxidation sites excluding steroid dienone is 2. The fourth-order valence-corrected chi connectivity index (χ4v) is 3.33. The van der Waals surface area contributed by atoms with E-state index in [4.69, 9.17) is 10.2 Å². The van der Waals surface area contributed by atoms with Crippen LogP contribution in [0.2, 0.25) is 0 Å². The highest BCUT2D eigenvalue weighted by Crippen LogP contribution is 2.34. The Balaban J connectivity index is 0. The van der Waals surface area contributed by atoms with Crippen molar-refractivity contribution in [2.24, 2.45) is 11.8 Å². The molecular weight excluding hydrogens is 324 g/mol. The van der Waals surface area contributed by atoms with E-state index in [9.17, 15) is 4.79 Å². The topological polar surface area (TPSA) is 57.5 Å². The second-order valence-electron chi connectivity index (χ2n) is 7.00. The first kappa shape index (κ1) is 27.4. The summed E-state index contributed by atoms with van der Waals surface area (Å²) in [7, 11) is 0. The third-order valence-electron chi connectivity index (χ3n) is 4.82. The van der Waals surface area contributed by atoms with Crippen LogP contribution in [0.25, 0.3) is 0 Å². The molecule has 0 radical (unpaired) electrons. The van der Waals surface area contributed by atoms with E-state index < -0.39 is 5.97 Å². The second kappa shape index (κ2) is 22.2. The summed E-state index contributed by atoms with van der Waals surface area (Å²) in [5, 5.41) is 17.1. The van der Waals surface area contributed by atoms with Gasteiger partial charge in [-0.3, -0.25) is 4.79 Å². The summed E-state index contributed by atoms with van der Waals surface area (Å²) in [5.74, 6) is 0.841. The minimum Gasteiger partial charge on any atom is -0.481 e. The van der Waals surface area contributed by atoms with Crippen LogP contribution < -0.4 is 0 Å². The molecule has 2 atom stereocenters. The summed E-state index contributed by atoms with van der Waals surface area (Å²) in [6.45, 7) is 8.68. The van der Waals surface area contributed by atoms with Crippen molar-refractivity contribution in [3.05, 3.63) is 12.2 Å². The van der Waals surface area contributed by atoms with E-state index in [0.29, 0.717) is 13.0 Å². The maximum Gasteiger partial charge on any atom is 0.303 e. The molecule has 1 fully saturated rings. The van der Waals surface area contributed by atoms with Gasteiger partial charge in [0.25, 0.3) is 0 Å². The number of rotatable bonds is 12. The summed E-state index contributed by atoms with van der Waals surface area (Å²) in [6.07, 6.45) is 19.8. The van der Waals surface area contributed by atoms with Crippen LogP contribution in [0.5, 0.6) is 0 Å². The minimum absolute atomic E-state index is 0.327. The quantitative estimate of drug-likeness (QED) is 0.287. The average Bonchev–Trinajstić information content (AvgIpc) is 3.08. The molecule has 0 saturated heterocycles. The van der Waals surface area contributed by atoms with Gasteiger partial charge in [-0.1, -0.05) is 78.4 Å². The van der Waals surface area contributed by atoms with E-state index >= 15 is 0 Å². The minimum atomic E-state index is -0.682. The first-order chi connectivity index (χ1) is 12.7. The molecule has 2 N–H and O–H groups in total. The van der Waals surface area contributed by atoms with Crippen LogP contribution in [0.3, 0.4) is 0 Å². The summed E-state index contributed by atoms with van der Waals surface area (Å²) < 4.78 is 0. The third-order valence-corrected chi connectivity index (χ3v) is 4.82. The lowest BCUT2D eigenvalue weighted by molar-refractivity contribution is -0.137. The molecule has 3 heteroatoms. The largest absolute Gasteiger partial charge is 0.481 e. The number of carboxylic acid groups (broad SMARTS) is 1. The Morgan fingerprint density at radius 1 is 1.00 bits per heavy atom. The number of aliphatic hydroxyl groups is 1. The zero-order valence-electron chi connectivity index (χ0n) is 18.0. The number of carbonyl (C=O) groups is 1. The molecule has 156 valence electrons. The molecule has 3 nitrogen and oxygen atoms in total. The maximum atomic E-state index is 9.87. The molecule has 1 rings (SSSR count). The Hall–Kier alpha value is -0.830. The van der Waals surface area contributed by atoms with Gasteiger partial charge in [-0.2, -0.15) is 0 Å². The number of aliphatic carboxylic acids is 1. The first-order valence-corrected chi connectivity index (χ1v) is 11.1. The number of aliphatic hydroxyl groups excluding tert-OH is 1.